The zero-order chi connectivity index (χ0) is 13.5. The zero-order valence-electron chi connectivity index (χ0n) is 11.1. The van der Waals surface area contributed by atoms with Crippen molar-refractivity contribution < 1.29 is 9.84 Å². The van der Waals surface area contributed by atoms with Crippen LogP contribution in [0.5, 0.6) is 5.75 Å². The van der Waals surface area contributed by atoms with E-state index in [9.17, 15) is 5.11 Å². The first-order valence-electron chi connectivity index (χ1n) is 6.08. The number of hydrogen-bond donors (Lipinski definition) is 2. The largest absolute Gasteiger partial charge is 0.489 e. The first-order chi connectivity index (χ1) is 8.54. The molecule has 1 aromatic rings. The van der Waals surface area contributed by atoms with E-state index in [4.69, 9.17) is 10.00 Å². The van der Waals surface area contributed by atoms with E-state index in [1.165, 1.54) is 0 Å². The quantitative estimate of drug-likeness (QED) is 0.802. The van der Waals surface area contributed by atoms with Gasteiger partial charge in [-0.1, -0.05) is 26.0 Å². The minimum atomic E-state index is -0.584. The number of aryl methyl sites for hydroxylation is 1. The third-order valence-electron chi connectivity index (χ3n) is 2.54. The third-order valence-corrected chi connectivity index (χ3v) is 2.54. The Kier molecular flexibility index (Phi) is 5.63. The highest BCUT2D eigenvalue weighted by molar-refractivity contribution is 5.48. The molecule has 2 N–H and O–H groups in total. The molecule has 0 aliphatic heterocycles. The molecule has 1 atom stereocenters. The molecule has 18 heavy (non-hydrogen) atoms. The van der Waals surface area contributed by atoms with Gasteiger partial charge in [-0.3, -0.25) is 0 Å². The summed E-state index contributed by atoms with van der Waals surface area (Å²) in [6.45, 7) is 6.55. The zero-order valence-corrected chi connectivity index (χ0v) is 11.1. The fraction of sp³-hybridized carbons (Fsp3) is 0.500. The molecule has 1 aromatic carbocycles. The molecular weight excluding hydrogens is 228 g/mol. The smallest absolute Gasteiger partial charge is 0.137 e. The maximum atomic E-state index is 9.72. The van der Waals surface area contributed by atoms with Crippen molar-refractivity contribution in [2.45, 2.75) is 32.9 Å². The fourth-order valence-corrected chi connectivity index (χ4v) is 1.52. The predicted octanol–water partition coefficient (Wildman–Crippen LogP) is 1.60. The van der Waals surface area contributed by atoms with Crippen LogP contribution in [0, 0.1) is 18.3 Å². The summed E-state index contributed by atoms with van der Waals surface area (Å²) in [4.78, 5) is 0. The molecule has 1 unspecified atom stereocenters. The summed E-state index contributed by atoms with van der Waals surface area (Å²) in [7, 11) is 0. The van der Waals surface area contributed by atoms with Crippen molar-refractivity contribution in [3.05, 3.63) is 29.3 Å². The molecule has 0 amide bonds. The second-order valence-corrected chi connectivity index (χ2v) is 4.59. The second-order valence-electron chi connectivity index (χ2n) is 4.59. The van der Waals surface area contributed by atoms with Crippen LogP contribution in [0.2, 0.25) is 0 Å². The number of nitrogens with one attached hydrogen (secondary N) is 1. The van der Waals surface area contributed by atoms with Crippen molar-refractivity contribution in [2.24, 2.45) is 0 Å². The molecule has 0 bridgehead atoms. The number of nitriles is 1. The third kappa shape index (κ3) is 4.36. The van der Waals surface area contributed by atoms with Gasteiger partial charge >= 0.3 is 0 Å². The normalized spacial score (nSPS) is 12.2. The highest BCUT2D eigenvalue weighted by Crippen LogP contribution is 2.20. The molecular formula is C14H20N2O2. The van der Waals surface area contributed by atoms with E-state index in [1.807, 2.05) is 32.9 Å². The van der Waals surface area contributed by atoms with Crippen LogP contribution in [0.25, 0.3) is 0 Å². The van der Waals surface area contributed by atoms with Crippen LogP contribution < -0.4 is 10.1 Å². The van der Waals surface area contributed by atoms with Crippen molar-refractivity contribution in [2.75, 3.05) is 13.2 Å². The van der Waals surface area contributed by atoms with Gasteiger partial charge in [0.05, 0.1) is 5.56 Å². The monoisotopic (exact) mass is 248 g/mol. The summed E-state index contributed by atoms with van der Waals surface area (Å²) in [6, 6.07) is 7.89. The summed E-state index contributed by atoms with van der Waals surface area (Å²) in [5.74, 6) is 0.529. The van der Waals surface area contributed by atoms with Crippen molar-refractivity contribution >= 4 is 0 Å². The molecule has 98 valence electrons. The lowest BCUT2D eigenvalue weighted by molar-refractivity contribution is 0.104. The molecule has 0 radical (unpaired) electrons. The van der Waals surface area contributed by atoms with E-state index < -0.39 is 6.10 Å². The molecule has 4 nitrogen and oxygen atoms in total. The first kappa shape index (κ1) is 14.5. The molecule has 1 rings (SSSR count). The van der Waals surface area contributed by atoms with E-state index in [2.05, 4.69) is 11.4 Å². The lowest BCUT2D eigenvalue weighted by Crippen LogP contribution is -2.35. The van der Waals surface area contributed by atoms with Gasteiger partial charge in [0.15, 0.2) is 0 Å². The SMILES string of the molecule is Cc1cccc(OCC(O)CNC(C)C)c1C#N. The summed E-state index contributed by atoms with van der Waals surface area (Å²) in [5.41, 5.74) is 1.41. The van der Waals surface area contributed by atoms with Gasteiger partial charge in [0.25, 0.3) is 0 Å². The molecule has 0 aromatic heterocycles. The van der Waals surface area contributed by atoms with Gasteiger partial charge in [0.2, 0.25) is 0 Å². The van der Waals surface area contributed by atoms with Crippen LogP contribution in [0.3, 0.4) is 0 Å². The minimum Gasteiger partial charge on any atom is -0.489 e. The van der Waals surface area contributed by atoms with E-state index in [-0.39, 0.29) is 6.61 Å². The highest BCUT2D eigenvalue weighted by atomic mass is 16.5. The predicted molar refractivity (Wildman–Crippen MR) is 70.5 cm³/mol. The van der Waals surface area contributed by atoms with Gasteiger partial charge < -0.3 is 15.2 Å². The van der Waals surface area contributed by atoms with E-state index >= 15 is 0 Å². The molecule has 0 aliphatic rings. The maximum Gasteiger partial charge on any atom is 0.137 e. The van der Waals surface area contributed by atoms with Crippen LogP contribution in [0.4, 0.5) is 0 Å². The average Bonchev–Trinajstić information content (AvgIpc) is 2.33. The first-order valence-corrected chi connectivity index (χ1v) is 6.08. The topological polar surface area (TPSA) is 65.3 Å². The molecule has 0 fully saturated rings. The number of hydrogen-bond acceptors (Lipinski definition) is 4. The van der Waals surface area contributed by atoms with Gasteiger partial charge in [-0.2, -0.15) is 5.26 Å². The van der Waals surface area contributed by atoms with Gasteiger partial charge in [-0.15, -0.1) is 0 Å². The Morgan fingerprint density at radius 2 is 2.17 bits per heavy atom. The minimum absolute atomic E-state index is 0.178. The number of aliphatic hydroxyl groups is 1. The van der Waals surface area contributed by atoms with Gasteiger partial charge in [0, 0.05) is 12.6 Å². The Balaban J connectivity index is 2.54. The Labute approximate surface area is 108 Å². The fourth-order valence-electron chi connectivity index (χ4n) is 1.52. The van der Waals surface area contributed by atoms with Crippen molar-refractivity contribution in [1.29, 1.82) is 5.26 Å². The van der Waals surface area contributed by atoms with Crippen LogP contribution in [0.15, 0.2) is 18.2 Å². The molecule has 0 spiro atoms. The number of aliphatic hydroxyl groups excluding tert-OH is 1. The van der Waals surface area contributed by atoms with Crippen molar-refractivity contribution in [3.8, 4) is 11.8 Å². The maximum absolute atomic E-state index is 9.72. The Bertz CT molecular complexity index is 424. The van der Waals surface area contributed by atoms with Gasteiger partial charge in [-0.25, -0.2) is 0 Å². The summed E-state index contributed by atoms with van der Waals surface area (Å²) >= 11 is 0. The average molecular weight is 248 g/mol. The van der Waals surface area contributed by atoms with E-state index in [0.717, 1.165) is 5.56 Å². The van der Waals surface area contributed by atoms with Crippen LogP contribution in [0.1, 0.15) is 25.0 Å². The van der Waals surface area contributed by atoms with Crippen LogP contribution in [-0.4, -0.2) is 30.4 Å². The standard InChI is InChI=1S/C14H20N2O2/c1-10(2)16-8-12(17)9-18-14-6-4-5-11(3)13(14)7-15/h4-6,10,12,16-17H,8-9H2,1-3H3. The Morgan fingerprint density at radius 3 is 2.78 bits per heavy atom. The summed E-state index contributed by atoms with van der Waals surface area (Å²) in [5, 5.41) is 21.9. The Morgan fingerprint density at radius 1 is 1.44 bits per heavy atom. The molecule has 0 aliphatic carbocycles. The highest BCUT2D eigenvalue weighted by Gasteiger charge is 2.09. The van der Waals surface area contributed by atoms with Crippen LogP contribution >= 0.6 is 0 Å². The Hall–Kier alpha value is -1.57. The number of nitrogens with zero attached hydrogens (tertiary/aromatic N) is 1. The van der Waals surface area contributed by atoms with E-state index in [1.54, 1.807) is 6.07 Å². The van der Waals surface area contributed by atoms with Crippen molar-refractivity contribution in [3.63, 3.8) is 0 Å². The second kappa shape index (κ2) is 7.00. The summed E-state index contributed by atoms with van der Waals surface area (Å²) < 4.78 is 5.49. The molecule has 0 heterocycles. The number of benzene rings is 1. The molecule has 0 saturated carbocycles. The lowest BCUT2D eigenvalue weighted by Gasteiger charge is -2.15. The van der Waals surface area contributed by atoms with E-state index in [0.29, 0.717) is 23.9 Å². The van der Waals surface area contributed by atoms with Crippen LogP contribution in [-0.2, 0) is 0 Å². The number of rotatable bonds is 6. The molecule has 0 saturated heterocycles. The van der Waals surface area contributed by atoms with Gasteiger partial charge in [-0.05, 0) is 18.6 Å². The molecule has 4 heteroatoms. The van der Waals surface area contributed by atoms with Crippen molar-refractivity contribution in [1.82, 2.24) is 5.32 Å². The van der Waals surface area contributed by atoms with Gasteiger partial charge in [0.1, 0.15) is 24.5 Å². The number of ether oxygens (including phenoxy) is 1. The summed E-state index contributed by atoms with van der Waals surface area (Å²) in [6.07, 6.45) is -0.584. The lowest BCUT2D eigenvalue weighted by atomic mass is 10.1.